The minimum absolute atomic E-state index is 0.419. The van der Waals surface area contributed by atoms with Gasteiger partial charge in [-0.3, -0.25) is 4.79 Å². The summed E-state index contributed by atoms with van der Waals surface area (Å²) in [5, 5.41) is 2.10. The minimum Gasteiger partial charge on any atom is -0.300 e. The van der Waals surface area contributed by atoms with E-state index in [4.69, 9.17) is 0 Å². The van der Waals surface area contributed by atoms with Crippen LogP contribution in [-0.4, -0.2) is 5.78 Å². The van der Waals surface area contributed by atoms with Crippen molar-refractivity contribution in [2.24, 2.45) is 0 Å². The van der Waals surface area contributed by atoms with Crippen LogP contribution in [0.15, 0.2) is 11.4 Å². The molecule has 1 aromatic heterocycles. The molecule has 2 rings (SSSR count). The van der Waals surface area contributed by atoms with E-state index in [1.54, 1.807) is 11.3 Å². The van der Waals surface area contributed by atoms with E-state index in [9.17, 15) is 4.79 Å². The van der Waals surface area contributed by atoms with Crippen molar-refractivity contribution in [3.8, 4) is 0 Å². The second-order valence-corrected chi connectivity index (χ2v) is 4.06. The summed E-state index contributed by atoms with van der Waals surface area (Å²) in [6.07, 6.45) is 1.56. The Kier molecular flexibility index (Phi) is 1.57. The van der Waals surface area contributed by atoms with E-state index in [2.05, 4.69) is 18.4 Å². The molecule has 1 nitrogen and oxygen atoms in total. The SMILES string of the molecule is Cc1ccsc1C1CC(=O)C1. The quantitative estimate of drug-likeness (QED) is 0.626. The van der Waals surface area contributed by atoms with Gasteiger partial charge in [0, 0.05) is 23.6 Å². The number of Topliss-reactive ketones (excluding diaryl/α,β-unsaturated/α-hetero) is 1. The van der Waals surface area contributed by atoms with Crippen molar-refractivity contribution in [3.63, 3.8) is 0 Å². The highest BCUT2D eigenvalue weighted by atomic mass is 32.1. The van der Waals surface area contributed by atoms with E-state index < -0.39 is 0 Å². The van der Waals surface area contributed by atoms with Gasteiger partial charge in [-0.1, -0.05) is 0 Å². The van der Waals surface area contributed by atoms with Crippen LogP contribution in [0, 0.1) is 6.92 Å². The summed E-state index contributed by atoms with van der Waals surface area (Å²) in [4.78, 5) is 12.1. The average molecular weight is 166 g/mol. The number of ketones is 1. The Labute approximate surface area is 70.1 Å². The molecule has 1 saturated carbocycles. The molecule has 0 aromatic carbocycles. The van der Waals surface area contributed by atoms with Crippen molar-refractivity contribution >= 4 is 17.1 Å². The molecule has 11 heavy (non-hydrogen) atoms. The Balaban J connectivity index is 2.18. The summed E-state index contributed by atoms with van der Waals surface area (Å²) in [5.74, 6) is 0.977. The van der Waals surface area contributed by atoms with Crippen LogP contribution < -0.4 is 0 Å². The molecule has 0 aliphatic heterocycles. The van der Waals surface area contributed by atoms with Crippen LogP contribution in [-0.2, 0) is 4.79 Å². The van der Waals surface area contributed by atoms with Crippen molar-refractivity contribution in [2.45, 2.75) is 25.7 Å². The van der Waals surface area contributed by atoms with Gasteiger partial charge in [-0.25, -0.2) is 0 Å². The number of aryl methyl sites for hydroxylation is 1. The largest absolute Gasteiger partial charge is 0.300 e. The molecule has 58 valence electrons. The zero-order chi connectivity index (χ0) is 7.84. The maximum atomic E-state index is 10.7. The van der Waals surface area contributed by atoms with Crippen LogP contribution in [0.4, 0.5) is 0 Å². The van der Waals surface area contributed by atoms with Crippen molar-refractivity contribution in [3.05, 3.63) is 21.9 Å². The predicted octanol–water partition coefficient (Wildman–Crippen LogP) is 2.50. The Hall–Kier alpha value is -0.630. The van der Waals surface area contributed by atoms with Gasteiger partial charge in [-0.15, -0.1) is 11.3 Å². The van der Waals surface area contributed by atoms with E-state index in [0.29, 0.717) is 11.7 Å². The fraction of sp³-hybridized carbons (Fsp3) is 0.444. The molecule has 2 heteroatoms. The second-order valence-electron chi connectivity index (χ2n) is 3.11. The molecule has 1 aliphatic rings. The molecule has 0 N–H and O–H groups in total. The molecule has 0 saturated heterocycles. The van der Waals surface area contributed by atoms with Gasteiger partial charge in [0.1, 0.15) is 5.78 Å². The molecule has 0 amide bonds. The first-order valence-corrected chi connectivity index (χ1v) is 4.71. The first-order chi connectivity index (χ1) is 5.27. The van der Waals surface area contributed by atoms with Crippen LogP contribution in [0.2, 0.25) is 0 Å². The van der Waals surface area contributed by atoms with Crippen molar-refractivity contribution in [2.75, 3.05) is 0 Å². The molecule has 1 heterocycles. The summed E-state index contributed by atoms with van der Waals surface area (Å²) in [7, 11) is 0. The van der Waals surface area contributed by atoms with Gasteiger partial charge in [-0.05, 0) is 23.9 Å². The Morgan fingerprint density at radius 3 is 2.73 bits per heavy atom. The number of hydrogen-bond acceptors (Lipinski definition) is 2. The summed E-state index contributed by atoms with van der Waals surface area (Å²) in [6, 6.07) is 2.13. The molecular weight excluding hydrogens is 156 g/mol. The van der Waals surface area contributed by atoms with Gasteiger partial charge < -0.3 is 0 Å². The molecule has 1 fully saturated rings. The van der Waals surface area contributed by atoms with Gasteiger partial charge in [0.15, 0.2) is 0 Å². The van der Waals surface area contributed by atoms with Crippen molar-refractivity contribution in [1.29, 1.82) is 0 Å². The van der Waals surface area contributed by atoms with Gasteiger partial charge in [-0.2, -0.15) is 0 Å². The smallest absolute Gasteiger partial charge is 0.134 e. The summed E-state index contributed by atoms with van der Waals surface area (Å²) in [5.41, 5.74) is 1.35. The highest BCUT2D eigenvalue weighted by Gasteiger charge is 2.29. The van der Waals surface area contributed by atoms with Crippen LogP contribution in [0.25, 0.3) is 0 Å². The first-order valence-electron chi connectivity index (χ1n) is 3.83. The number of hydrogen-bond donors (Lipinski definition) is 0. The third-order valence-corrected chi connectivity index (χ3v) is 3.40. The maximum absolute atomic E-state index is 10.7. The predicted molar refractivity (Wildman–Crippen MR) is 46.0 cm³/mol. The summed E-state index contributed by atoms with van der Waals surface area (Å²) < 4.78 is 0. The van der Waals surface area contributed by atoms with E-state index in [1.807, 2.05) is 0 Å². The van der Waals surface area contributed by atoms with Crippen molar-refractivity contribution < 1.29 is 4.79 Å². The molecule has 0 unspecified atom stereocenters. The number of carbonyl (C=O) groups excluding carboxylic acids is 1. The lowest BCUT2D eigenvalue weighted by Crippen LogP contribution is -2.20. The second kappa shape index (κ2) is 2.45. The third kappa shape index (κ3) is 1.11. The van der Waals surface area contributed by atoms with Crippen molar-refractivity contribution in [1.82, 2.24) is 0 Å². The van der Waals surface area contributed by atoms with Crippen LogP contribution in [0.5, 0.6) is 0 Å². The molecule has 1 aromatic rings. The summed E-state index contributed by atoms with van der Waals surface area (Å²) in [6.45, 7) is 2.12. The molecule has 1 aliphatic carbocycles. The maximum Gasteiger partial charge on any atom is 0.134 e. The lowest BCUT2D eigenvalue weighted by Gasteiger charge is -2.23. The lowest BCUT2D eigenvalue weighted by molar-refractivity contribution is -0.124. The molecule has 0 radical (unpaired) electrons. The molecule has 0 atom stereocenters. The highest BCUT2D eigenvalue weighted by Crippen LogP contribution is 2.38. The molecule has 0 bridgehead atoms. The van der Waals surface area contributed by atoms with Crippen LogP contribution >= 0.6 is 11.3 Å². The van der Waals surface area contributed by atoms with Gasteiger partial charge in [0.25, 0.3) is 0 Å². The van der Waals surface area contributed by atoms with Crippen LogP contribution in [0.1, 0.15) is 29.2 Å². The fourth-order valence-electron chi connectivity index (χ4n) is 1.48. The van der Waals surface area contributed by atoms with Crippen LogP contribution in [0.3, 0.4) is 0 Å². The van der Waals surface area contributed by atoms with E-state index in [1.165, 1.54) is 10.4 Å². The number of carbonyl (C=O) groups is 1. The number of rotatable bonds is 1. The fourth-order valence-corrected chi connectivity index (χ4v) is 2.51. The summed E-state index contributed by atoms with van der Waals surface area (Å²) >= 11 is 1.78. The number of thiophene rings is 1. The molecular formula is C9H10OS. The minimum atomic E-state index is 0.419. The normalized spacial score (nSPS) is 18.5. The van der Waals surface area contributed by atoms with Gasteiger partial charge >= 0.3 is 0 Å². The highest BCUT2D eigenvalue weighted by molar-refractivity contribution is 7.10. The zero-order valence-electron chi connectivity index (χ0n) is 6.46. The molecule has 0 spiro atoms. The monoisotopic (exact) mass is 166 g/mol. The average Bonchev–Trinajstić information content (AvgIpc) is 2.29. The van der Waals surface area contributed by atoms with Gasteiger partial charge in [0.2, 0.25) is 0 Å². The Morgan fingerprint density at radius 1 is 1.55 bits per heavy atom. The zero-order valence-corrected chi connectivity index (χ0v) is 7.28. The van der Waals surface area contributed by atoms with E-state index >= 15 is 0 Å². The van der Waals surface area contributed by atoms with E-state index in [0.717, 1.165) is 12.8 Å². The lowest BCUT2D eigenvalue weighted by atomic mass is 9.82. The first kappa shape index (κ1) is 7.04. The van der Waals surface area contributed by atoms with E-state index in [-0.39, 0.29) is 0 Å². The third-order valence-electron chi connectivity index (χ3n) is 2.22. The van der Waals surface area contributed by atoms with Gasteiger partial charge in [0.05, 0.1) is 0 Å². The topological polar surface area (TPSA) is 17.1 Å². The Morgan fingerprint density at radius 2 is 2.27 bits per heavy atom. The Bertz CT molecular complexity index is 280. The standard InChI is InChI=1S/C9H10OS/c1-6-2-3-11-9(6)7-4-8(10)5-7/h2-3,7H,4-5H2,1H3.